The molecule has 2 aliphatic heterocycles. The Morgan fingerprint density at radius 1 is 0.929 bits per heavy atom. The third kappa shape index (κ3) is 8.39. The number of nitrogens with zero attached hydrogens (tertiary/aromatic N) is 1. The Balaban J connectivity index is 1.52. The Kier molecular flexibility index (Phi) is 8.18. The molecule has 0 fully saturated rings. The fourth-order valence-electron chi connectivity index (χ4n) is 2.42. The van der Waals surface area contributed by atoms with Crippen LogP contribution in [0, 0.1) is 0 Å². The Labute approximate surface area is 176 Å². The quantitative estimate of drug-likeness (QED) is 0.441. The molecule has 0 amide bonds. The highest BCUT2D eigenvalue weighted by Gasteiger charge is 2.23. The second-order valence-corrected chi connectivity index (χ2v) is 11.0. The lowest BCUT2D eigenvalue weighted by molar-refractivity contribution is 0.190. The molecule has 0 saturated heterocycles. The number of likely N-dealkylation sites (N-methyl/N-ethyl adjacent to an activating group) is 1. The van der Waals surface area contributed by atoms with Crippen molar-refractivity contribution in [3.8, 4) is 0 Å². The molecule has 0 aromatic heterocycles. The molecule has 2 heterocycles. The molecule has 158 valence electrons. The van der Waals surface area contributed by atoms with Crippen LogP contribution in [0.1, 0.15) is 0 Å². The van der Waals surface area contributed by atoms with Crippen LogP contribution in [0.5, 0.6) is 0 Å². The summed E-state index contributed by atoms with van der Waals surface area (Å²) in [7, 11) is -4.40. The van der Waals surface area contributed by atoms with Gasteiger partial charge in [-0.15, -0.1) is 0 Å². The molecular formula is C15H23N3O6S4. The van der Waals surface area contributed by atoms with E-state index in [9.17, 15) is 16.8 Å². The SMILES string of the molecule is CN(CCOC(=S)NC1C=CS(=O)(=O)C1)CCOC(=S)NC1C=CS(=O)(=O)C1. The molecule has 28 heavy (non-hydrogen) atoms. The molecule has 0 spiro atoms. The van der Waals surface area contributed by atoms with Crippen LogP contribution in [-0.4, -0.2) is 89.0 Å². The summed E-state index contributed by atoms with van der Waals surface area (Å²) < 4.78 is 56.1. The minimum atomic E-state index is -3.14. The van der Waals surface area contributed by atoms with Crippen LogP contribution in [0.2, 0.25) is 0 Å². The fourth-order valence-corrected chi connectivity index (χ4v) is 5.36. The molecule has 13 heteroatoms. The molecule has 0 bridgehead atoms. The summed E-state index contributed by atoms with van der Waals surface area (Å²) >= 11 is 10.1. The number of hydrogen-bond acceptors (Lipinski definition) is 9. The van der Waals surface area contributed by atoms with Gasteiger partial charge in [-0.05, 0) is 43.6 Å². The lowest BCUT2D eigenvalue weighted by atomic mass is 10.3. The van der Waals surface area contributed by atoms with Crippen molar-refractivity contribution < 1.29 is 26.3 Å². The summed E-state index contributed by atoms with van der Waals surface area (Å²) in [6.45, 7) is 1.82. The predicted molar refractivity (Wildman–Crippen MR) is 114 cm³/mol. The number of hydrogen-bond donors (Lipinski definition) is 2. The third-order valence-corrected chi connectivity index (χ3v) is 7.14. The van der Waals surface area contributed by atoms with Crippen LogP contribution < -0.4 is 10.6 Å². The largest absolute Gasteiger partial charge is 0.470 e. The summed E-state index contributed by atoms with van der Waals surface area (Å²) in [5, 5.41) is 8.31. The maximum atomic E-state index is 11.3. The van der Waals surface area contributed by atoms with E-state index in [2.05, 4.69) is 10.6 Å². The van der Waals surface area contributed by atoms with E-state index in [1.54, 1.807) is 12.2 Å². The summed E-state index contributed by atoms with van der Waals surface area (Å²) in [6.07, 6.45) is 3.09. The number of rotatable bonds is 8. The van der Waals surface area contributed by atoms with Crippen molar-refractivity contribution in [2.45, 2.75) is 12.1 Å². The molecule has 0 radical (unpaired) electrons. The first-order valence-corrected chi connectivity index (χ1v) is 12.7. The second kappa shape index (κ2) is 9.96. The molecule has 2 atom stereocenters. The highest BCUT2D eigenvalue weighted by atomic mass is 32.2. The Bertz CT molecular complexity index is 783. The van der Waals surface area contributed by atoms with Gasteiger partial charge in [0.15, 0.2) is 19.7 Å². The molecule has 0 aromatic rings. The monoisotopic (exact) mass is 469 g/mol. The van der Waals surface area contributed by atoms with Gasteiger partial charge in [0.2, 0.25) is 0 Å². The molecular weight excluding hydrogens is 446 g/mol. The minimum absolute atomic E-state index is 0.0235. The van der Waals surface area contributed by atoms with Gasteiger partial charge in [0.25, 0.3) is 10.3 Å². The van der Waals surface area contributed by atoms with Crippen molar-refractivity contribution in [1.29, 1.82) is 0 Å². The zero-order valence-electron chi connectivity index (χ0n) is 15.2. The number of nitrogens with one attached hydrogen (secondary N) is 2. The lowest BCUT2D eigenvalue weighted by Gasteiger charge is -2.19. The van der Waals surface area contributed by atoms with Gasteiger partial charge in [0.05, 0.1) is 23.6 Å². The van der Waals surface area contributed by atoms with Gasteiger partial charge in [0, 0.05) is 23.9 Å². The van der Waals surface area contributed by atoms with Crippen LogP contribution in [0.15, 0.2) is 23.0 Å². The van der Waals surface area contributed by atoms with Gasteiger partial charge in [0.1, 0.15) is 13.2 Å². The molecule has 0 saturated carbocycles. The van der Waals surface area contributed by atoms with Crippen LogP contribution >= 0.6 is 24.4 Å². The minimum Gasteiger partial charge on any atom is -0.470 e. The van der Waals surface area contributed by atoms with Crippen LogP contribution in [0.4, 0.5) is 0 Å². The van der Waals surface area contributed by atoms with E-state index in [-0.39, 0.29) is 33.9 Å². The molecule has 2 aliphatic rings. The van der Waals surface area contributed by atoms with E-state index in [0.717, 1.165) is 0 Å². The van der Waals surface area contributed by atoms with Crippen LogP contribution in [0.25, 0.3) is 0 Å². The maximum absolute atomic E-state index is 11.3. The summed E-state index contributed by atoms with van der Waals surface area (Å²) in [6, 6.07) is -0.719. The van der Waals surface area contributed by atoms with Gasteiger partial charge in [-0.2, -0.15) is 0 Å². The third-order valence-electron chi connectivity index (χ3n) is 3.88. The second-order valence-electron chi connectivity index (χ2n) is 6.39. The molecule has 2 N–H and O–H groups in total. The first-order valence-electron chi connectivity index (χ1n) is 8.42. The van der Waals surface area contributed by atoms with Crippen molar-refractivity contribution in [2.24, 2.45) is 0 Å². The first-order chi connectivity index (χ1) is 13.0. The number of ether oxygens (including phenoxy) is 2. The lowest BCUT2D eigenvalue weighted by Crippen LogP contribution is -2.38. The zero-order valence-corrected chi connectivity index (χ0v) is 18.5. The van der Waals surface area contributed by atoms with Crippen molar-refractivity contribution in [3.63, 3.8) is 0 Å². The average Bonchev–Trinajstić information content (AvgIpc) is 3.08. The molecule has 2 unspecified atom stereocenters. The zero-order chi connectivity index (χ0) is 20.8. The van der Waals surface area contributed by atoms with Gasteiger partial charge < -0.3 is 20.1 Å². The molecule has 2 rings (SSSR count). The first kappa shape index (κ1) is 23.0. The van der Waals surface area contributed by atoms with Gasteiger partial charge in [-0.3, -0.25) is 4.90 Å². The topological polar surface area (TPSA) is 114 Å². The predicted octanol–water partition coefficient (Wildman–Crippen LogP) is -0.678. The Morgan fingerprint density at radius 2 is 1.32 bits per heavy atom. The van der Waals surface area contributed by atoms with Crippen LogP contribution in [0.3, 0.4) is 0 Å². The van der Waals surface area contributed by atoms with Crippen LogP contribution in [-0.2, 0) is 29.1 Å². The van der Waals surface area contributed by atoms with Crippen molar-refractivity contribution in [2.75, 3.05) is 44.9 Å². The van der Waals surface area contributed by atoms with Gasteiger partial charge in [-0.25, -0.2) is 16.8 Å². The fraction of sp³-hybridized carbons (Fsp3) is 0.600. The number of sulfone groups is 2. The highest BCUT2D eigenvalue weighted by Crippen LogP contribution is 2.08. The Hall–Kier alpha value is -1.28. The number of thiocarbonyl (C=S) groups is 2. The van der Waals surface area contributed by atoms with E-state index < -0.39 is 19.7 Å². The molecule has 0 aromatic carbocycles. The summed E-state index contributed by atoms with van der Waals surface area (Å²) in [4.78, 5) is 1.95. The Morgan fingerprint density at radius 3 is 1.64 bits per heavy atom. The van der Waals surface area contributed by atoms with Gasteiger partial charge in [-0.1, -0.05) is 0 Å². The highest BCUT2D eigenvalue weighted by molar-refractivity contribution is 7.94. The van der Waals surface area contributed by atoms with E-state index in [4.69, 9.17) is 33.9 Å². The van der Waals surface area contributed by atoms with Crippen molar-refractivity contribution in [1.82, 2.24) is 15.5 Å². The molecule has 9 nitrogen and oxygen atoms in total. The normalized spacial score (nSPS) is 24.2. The smallest absolute Gasteiger partial charge is 0.257 e. The van der Waals surface area contributed by atoms with E-state index in [1.165, 1.54) is 10.8 Å². The maximum Gasteiger partial charge on any atom is 0.257 e. The van der Waals surface area contributed by atoms with Gasteiger partial charge >= 0.3 is 0 Å². The van der Waals surface area contributed by atoms with Crippen molar-refractivity contribution >= 4 is 54.5 Å². The average molecular weight is 470 g/mol. The van der Waals surface area contributed by atoms with E-state index >= 15 is 0 Å². The molecule has 0 aliphatic carbocycles. The summed E-state index contributed by atoms with van der Waals surface area (Å²) in [5.41, 5.74) is 0. The summed E-state index contributed by atoms with van der Waals surface area (Å²) in [5.74, 6) is -0.0471. The standard InChI is InChI=1S/C15H23N3O6S4/c1-18(4-6-23-14(25)16-12-2-8-27(19,20)10-12)5-7-24-15(26)17-13-3-9-28(21,22)11-13/h2-3,8-9,12-13H,4-7,10-11H2,1H3,(H,16,25)(H,17,26). The van der Waals surface area contributed by atoms with Crippen molar-refractivity contribution in [3.05, 3.63) is 23.0 Å². The van der Waals surface area contributed by atoms with E-state index in [1.807, 2.05) is 11.9 Å². The van der Waals surface area contributed by atoms with E-state index in [0.29, 0.717) is 26.3 Å².